The molecule has 0 bridgehead atoms. The topological polar surface area (TPSA) is 29.5 Å². The predicted octanol–water partition coefficient (Wildman–Crippen LogP) is 3.09. The Balaban J connectivity index is 2.11. The van der Waals surface area contributed by atoms with Gasteiger partial charge in [-0.15, -0.1) is 0 Å². The van der Waals surface area contributed by atoms with Gasteiger partial charge < -0.3 is 9.84 Å². The second-order valence-electron chi connectivity index (χ2n) is 6.43. The maximum Gasteiger partial charge on any atom is 0.0547 e. The number of aliphatic hydroxyl groups excluding tert-OH is 1. The second kappa shape index (κ2) is 5.71. The molecule has 2 nitrogen and oxygen atoms in total. The lowest BCUT2D eigenvalue weighted by molar-refractivity contribution is -0.0162. The zero-order chi connectivity index (χ0) is 12.4. The first-order valence-corrected chi connectivity index (χ1v) is 7.36. The number of hydrogen-bond donors (Lipinski definition) is 1. The molecule has 1 aliphatic heterocycles. The highest BCUT2D eigenvalue weighted by Crippen LogP contribution is 2.45. The third kappa shape index (κ3) is 2.85. The van der Waals surface area contributed by atoms with Gasteiger partial charge in [-0.3, -0.25) is 0 Å². The second-order valence-corrected chi connectivity index (χ2v) is 6.43. The fourth-order valence-electron chi connectivity index (χ4n) is 4.00. The molecule has 0 aromatic rings. The first-order valence-electron chi connectivity index (χ1n) is 7.36. The van der Waals surface area contributed by atoms with Crippen molar-refractivity contribution in [3.05, 3.63) is 0 Å². The molecular formula is C15H28O2. The molecule has 1 heterocycles. The van der Waals surface area contributed by atoms with Crippen molar-refractivity contribution in [2.24, 2.45) is 29.6 Å². The van der Waals surface area contributed by atoms with Gasteiger partial charge in [0.15, 0.2) is 0 Å². The Labute approximate surface area is 106 Å². The summed E-state index contributed by atoms with van der Waals surface area (Å²) in [6, 6.07) is 0. The molecule has 1 saturated heterocycles. The minimum Gasteiger partial charge on any atom is -0.396 e. The highest BCUT2D eigenvalue weighted by Gasteiger charge is 2.40. The Morgan fingerprint density at radius 1 is 1.12 bits per heavy atom. The summed E-state index contributed by atoms with van der Waals surface area (Å²) in [6.07, 6.45) is 5.58. The molecule has 6 atom stereocenters. The molecule has 1 saturated carbocycles. The Morgan fingerprint density at radius 2 is 1.88 bits per heavy atom. The van der Waals surface area contributed by atoms with Crippen molar-refractivity contribution < 1.29 is 9.84 Å². The molecule has 2 fully saturated rings. The highest BCUT2D eigenvalue weighted by molar-refractivity contribution is 4.89. The van der Waals surface area contributed by atoms with Crippen LogP contribution in [0.2, 0.25) is 0 Å². The lowest BCUT2D eigenvalue weighted by atomic mass is 9.63. The van der Waals surface area contributed by atoms with Gasteiger partial charge in [0.25, 0.3) is 0 Å². The predicted molar refractivity (Wildman–Crippen MR) is 69.8 cm³/mol. The minimum absolute atomic E-state index is 0.331. The molecule has 4 unspecified atom stereocenters. The van der Waals surface area contributed by atoms with Crippen molar-refractivity contribution in [1.29, 1.82) is 0 Å². The quantitative estimate of drug-likeness (QED) is 0.803. The largest absolute Gasteiger partial charge is 0.396 e. The number of hydrogen-bond acceptors (Lipinski definition) is 2. The SMILES string of the molecule is CC1CC[C@@H]2C(CO1)C(C(C)CO)CC[C@H]2C. The van der Waals surface area contributed by atoms with Gasteiger partial charge in [0.2, 0.25) is 0 Å². The van der Waals surface area contributed by atoms with E-state index in [0.717, 1.165) is 18.4 Å². The van der Waals surface area contributed by atoms with Crippen LogP contribution in [0.3, 0.4) is 0 Å². The first kappa shape index (κ1) is 13.4. The van der Waals surface area contributed by atoms with Gasteiger partial charge in [0, 0.05) is 6.61 Å². The molecule has 0 aromatic heterocycles. The molecule has 2 aliphatic rings. The molecule has 0 spiro atoms. The number of ether oxygens (including phenoxy) is 1. The molecule has 0 amide bonds. The minimum atomic E-state index is 0.331. The van der Waals surface area contributed by atoms with Gasteiger partial charge in [0.05, 0.1) is 12.7 Å². The van der Waals surface area contributed by atoms with Crippen LogP contribution in [0.15, 0.2) is 0 Å². The number of fused-ring (bicyclic) bond motifs is 1. The van der Waals surface area contributed by atoms with Gasteiger partial charge in [0.1, 0.15) is 0 Å². The Morgan fingerprint density at radius 3 is 2.59 bits per heavy atom. The first-order chi connectivity index (χ1) is 8.13. The third-order valence-corrected chi connectivity index (χ3v) is 5.28. The summed E-state index contributed by atoms with van der Waals surface area (Å²) in [4.78, 5) is 0. The van der Waals surface area contributed by atoms with E-state index in [1.54, 1.807) is 0 Å². The summed E-state index contributed by atoms with van der Waals surface area (Å²) in [7, 11) is 0. The van der Waals surface area contributed by atoms with Crippen LogP contribution in [0, 0.1) is 29.6 Å². The average molecular weight is 240 g/mol. The van der Waals surface area contributed by atoms with E-state index < -0.39 is 0 Å². The van der Waals surface area contributed by atoms with Gasteiger partial charge in [-0.2, -0.15) is 0 Å². The zero-order valence-electron chi connectivity index (χ0n) is 11.6. The van der Waals surface area contributed by atoms with Crippen LogP contribution in [-0.2, 0) is 4.74 Å². The fourth-order valence-corrected chi connectivity index (χ4v) is 4.00. The van der Waals surface area contributed by atoms with E-state index in [1.807, 2.05) is 0 Å². The van der Waals surface area contributed by atoms with Crippen molar-refractivity contribution >= 4 is 0 Å². The van der Waals surface area contributed by atoms with Crippen molar-refractivity contribution in [2.45, 2.75) is 52.6 Å². The van der Waals surface area contributed by atoms with Crippen molar-refractivity contribution in [1.82, 2.24) is 0 Å². The van der Waals surface area contributed by atoms with Gasteiger partial charge in [-0.05, 0) is 55.8 Å². The van der Waals surface area contributed by atoms with Crippen LogP contribution in [0.25, 0.3) is 0 Å². The summed E-state index contributed by atoms with van der Waals surface area (Å²) in [5.41, 5.74) is 0. The number of rotatable bonds is 2. The third-order valence-electron chi connectivity index (χ3n) is 5.28. The van der Waals surface area contributed by atoms with Gasteiger partial charge in [-0.1, -0.05) is 20.3 Å². The van der Waals surface area contributed by atoms with E-state index in [4.69, 9.17) is 4.74 Å². The van der Waals surface area contributed by atoms with E-state index in [-0.39, 0.29) is 0 Å². The van der Waals surface area contributed by atoms with Gasteiger partial charge >= 0.3 is 0 Å². The van der Waals surface area contributed by atoms with Crippen LogP contribution in [0.5, 0.6) is 0 Å². The molecule has 100 valence electrons. The lowest BCUT2D eigenvalue weighted by Gasteiger charge is -2.43. The van der Waals surface area contributed by atoms with E-state index in [0.29, 0.717) is 30.5 Å². The van der Waals surface area contributed by atoms with E-state index >= 15 is 0 Å². The molecular weight excluding hydrogens is 212 g/mol. The summed E-state index contributed by atoms with van der Waals surface area (Å²) < 4.78 is 5.96. The van der Waals surface area contributed by atoms with Crippen LogP contribution < -0.4 is 0 Å². The summed E-state index contributed by atoms with van der Waals surface area (Å²) in [6.45, 7) is 8.06. The monoisotopic (exact) mass is 240 g/mol. The molecule has 1 N–H and O–H groups in total. The van der Waals surface area contributed by atoms with E-state index in [9.17, 15) is 5.11 Å². The molecule has 0 aromatic carbocycles. The average Bonchev–Trinajstić information content (AvgIpc) is 2.52. The summed E-state index contributed by atoms with van der Waals surface area (Å²) in [5, 5.41) is 9.42. The van der Waals surface area contributed by atoms with E-state index in [2.05, 4.69) is 20.8 Å². The van der Waals surface area contributed by atoms with Crippen LogP contribution in [0.1, 0.15) is 46.5 Å². The molecule has 17 heavy (non-hydrogen) atoms. The maximum atomic E-state index is 9.42. The summed E-state index contributed by atoms with van der Waals surface area (Å²) >= 11 is 0. The summed E-state index contributed by atoms with van der Waals surface area (Å²) in [5.74, 6) is 3.47. The molecule has 1 aliphatic carbocycles. The van der Waals surface area contributed by atoms with Crippen molar-refractivity contribution in [3.8, 4) is 0 Å². The molecule has 0 radical (unpaired) electrons. The standard InChI is InChI=1S/C15H28O2/c1-10-4-6-14(11(2)8-16)15-9-17-12(3)5-7-13(10)15/h10-16H,4-9H2,1-3H3/t10-,11?,12?,13+,14?,15?/m1/s1. The Hall–Kier alpha value is -0.0800. The van der Waals surface area contributed by atoms with Crippen molar-refractivity contribution in [2.75, 3.05) is 13.2 Å². The lowest BCUT2D eigenvalue weighted by Crippen LogP contribution is -2.39. The highest BCUT2D eigenvalue weighted by atomic mass is 16.5. The fraction of sp³-hybridized carbons (Fsp3) is 1.00. The smallest absolute Gasteiger partial charge is 0.0547 e. The maximum absolute atomic E-state index is 9.42. The Bertz CT molecular complexity index is 235. The van der Waals surface area contributed by atoms with Crippen LogP contribution in [-0.4, -0.2) is 24.4 Å². The zero-order valence-corrected chi connectivity index (χ0v) is 11.6. The Kier molecular flexibility index (Phi) is 4.48. The van der Waals surface area contributed by atoms with Crippen LogP contribution >= 0.6 is 0 Å². The van der Waals surface area contributed by atoms with Crippen LogP contribution in [0.4, 0.5) is 0 Å². The number of aliphatic hydroxyl groups is 1. The van der Waals surface area contributed by atoms with Gasteiger partial charge in [-0.25, -0.2) is 0 Å². The van der Waals surface area contributed by atoms with Crippen molar-refractivity contribution in [3.63, 3.8) is 0 Å². The molecule has 2 rings (SSSR count). The van der Waals surface area contributed by atoms with E-state index in [1.165, 1.54) is 25.7 Å². The molecule has 2 heteroatoms. The normalized spacial score (nSPS) is 44.8.